The SMILES string of the molecule is CN(Cc1cc2ccccc2nc1N)c1ccc(F)cc1. The number of benzene rings is 2. The molecule has 0 bridgehead atoms. The molecule has 0 spiro atoms. The number of anilines is 2. The fourth-order valence-corrected chi connectivity index (χ4v) is 2.34. The highest BCUT2D eigenvalue weighted by atomic mass is 19.1. The van der Waals surface area contributed by atoms with E-state index in [9.17, 15) is 4.39 Å². The number of hydrogen-bond acceptors (Lipinski definition) is 3. The van der Waals surface area contributed by atoms with Crippen molar-refractivity contribution in [3.63, 3.8) is 0 Å². The van der Waals surface area contributed by atoms with Crippen LogP contribution in [0.4, 0.5) is 15.9 Å². The predicted molar refractivity (Wildman–Crippen MR) is 84.7 cm³/mol. The van der Waals surface area contributed by atoms with Crippen LogP contribution < -0.4 is 10.6 Å². The molecule has 0 saturated heterocycles. The summed E-state index contributed by atoms with van der Waals surface area (Å²) >= 11 is 0. The van der Waals surface area contributed by atoms with Crippen LogP contribution in [0.15, 0.2) is 54.6 Å². The molecule has 1 heterocycles. The highest BCUT2D eigenvalue weighted by Crippen LogP contribution is 2.22. The molecule has 0 aliphatic heterocycles. The Morgan fingerprint density at radius 2 is 1.81 bits per heavy atom. The van der Waals surface area contributed by atoms with E-state index in [0.717, 1.165) is 22.2 Å². The number of nitrogen functional groups attached to an aromatic ring is 1. The maximum Gasteiger partial charge on any atom is 0.129 e. The van der Waals surface area contributed by atoms with E-state index < -0.39 is 0 Å². The van der Waals surface area contributed by atoms with E-state index in [0.29, 0.717) is 12.4 Å². The van der Waals surface area contributed by atoms with Crippen LogP contribution in [0, 0.1) is 5.82 Å². The van der Waals surface area contributed by atoms with Gasteiger partial charge in [0.15, 0.2) is 0 Å². The lowest BCUT2D eigenvalue weighted by atomic mass is 10.1. The third-order valence-electron chi connectivity index (χ3n) is 3.51. The summed E-state index contributed by atoms with van der Waals surface area (Å²) in [5.74, 6) is 0.293. The zero-order valence-corrected chi connectivity index (χ0v) is 11.8. The average Bonchev–Trinajstić information content (AvgIpc) is 2.48. The summed E-state index contributed by atoms with van der Waals surface area (Å²) in [5, 5.41) is 1.06. The molecule has 0 saturated carbocycles. The van der Waals surface area contributed by atoms with Crippen LogP contribution in [0.1, 0.15) is 5.56 Å². The Labute approximate surface area is 122 Å². The van der Waals surface area contributed by atoms with Gasteiger partial charge in [0, 0.05) is 30.2 Å². The number of aromatic nitrogens is 1. The largest absolute Gasteiger partial charge is 0.383 e. The zero-order valence-electron chi connectivity index (χ0n) is 11.8. The van der Waals surface area contributed by atoms with Crippen molar-refractivity contribution in [3.8, 4) is 0 Å². The molecule has 2 N–H and O–H groups in total. The minimum atomic E-state index is -0.237. The fraction of sp³-hybridized carbons (Fsp3) is 0.118. The number of fused-ring (bicyclic) bond motifs is 1. The maximum absolute atomic E-state index is 13.0. The summed E-state index contributed by atoms with van der Waals surface area (Å²) in [6.07, 6.45) is 0. The lowest BCUT2D eigenvalue weighted by molar-refractivity contribution is 0.627. The van der Waals surface area contributed by atoms with Crippen molar-refractivity contribution >= 4 is 22.4 Å². The molecule has 0 atom stereocenters. The number of pyridine rings is 1. The first kappa shape index (κ1) is 13.4. The van der Waals surface area contributed by atoms with Crippen LogP contribution in [-0.4, -0.2) is 12.0 Å². The van der Waals surface area contributed by atoms with Gasteiger partial charge in [-0.1, -0.05) is 18.2 Å². The Bertz CT molecular complexity index is 769. The molecule has 106 valence electrons. The number of rotatable bonds is 3. The second kappa shape index (κ2) is 5.40. The molecule has 0 radical (unpaired) electrons. The Morgan fingerprint density at radius 3 is 2.57 bits per heavy atom. The van der Waals surface area contributed by atoms with Gasteiger partial charge in [-0.3, -0.25) is 0 Å². The Hall–Kier alpha value is -2.62. The number of hydrogen-bond donors (Lipinski definition) is 1. The summed E-state index contributed by atoms with van der Waals surface area (Å²) in [6.45, 7) is 0.620. The molecular formula is C17H16FN3. The van der Waals surface area contributed by atoms with Crippen molar-refractivity contribution in [1.82, 2.24) is 4.98 Å². The quantitative estimate of drug-likeness (QED) is 0.797. The van der Waals surface area contributed by atoms with E-state index in [-0.39, 0.29) is 5.82 Å². The van der Waals surface area contributed by atoms with Gasteiger partial charge in [0.25, 0.3) is 0 Å². The molecule has 3 nitrogen and oxygen atoms in total. The summed E-state index contributed by atoms with van der Waals surface area (Å²) < 4.78 is 13.0. The topological polar surface area (TPSA) is 42.2 Å². The van der Waals surface area contributed by atoms with Crippen LogP contribution in [0.3, 0.4) is 0 Å². The third-order valence-corrected chi connectivity index (χ3v) is 3.51. The van der Waals surface area contributed by atoms with Crippen LogP contribution >= 0.6 is 0 Å². The molecular weight excluding hydrogens is 265 g/mol. The van der Waals surface area contributed by atoms with Gasteiger partial charge >= 0.3 is 0 Å². The molecule has 21 heavy (non-hydrogen) atoms. The predicted octanol–water partition coefficient (Wildman–Crippen LogP) is 3.59. The van der Waals surface area contributed by atoms with Crippen molar-refractivity contribution in [3.05, 3.63) is 66.0 Å². The van der Waals surface area contributed by atoms with Crippen molar-refractivity contribution in [2.45, 2.75) is 6.54 Å². The summed E-state index contributed by atoms with van der Waals surface area (Å²) in [4.78, 5) is 6.44. The monoisotopic (exact) mass is 281 g/mol. The average molecular weight is 281 g/mol. The zero-order chi connectivity index (χ0) is 14.8. The molecule has 0 aliphatic rings. The number of nitrogens with zero attached hydrogens (tertiary/aromatic N) is 2. The Kier molecular flexibility index (Phi) is 3.44. The summed E-state index contributed by atoms with van der Waals surface area (Å²) in [7, 11) is 1.95. The summed E-state index contributed by atoms with van der Waals surface area (Å²) in [5.41, 5.74) is 8.82. The van der Waals surface area contributed by atoms with E-state index in [1.807, 2.05) is 36.2 Å². The van der Waals surface area contributed by atoms with E-state index in [2.05, 4.69) is 11.1 Å². The van der Waals surface area contributed by atoms with Crippen LogP contribution in [0.5, 0.6) is 0 Å². The van der Waals surface area contributed by atoms with Crippen LogP contribution in [0.25, 0.3) is 10.9 Å². The lowest BCUT2D eigenvalue weighted by Crippen LogP contribution is -2.17. The fourth-order valence-electron chi connectivity index (χ4n) is 2.34. The highest BCUT2D eigenvalue weighted by Gasteiger charge is 2.08. The first-order valence-electron chi connectivity index (χ1n) is 6.74. The molecule has 2 aromatic carbocycles. The van der Waals surface area contributed by atoms with Crippen molar-refractivity contribution in [2.75, 3.05) is 17.7 Å². The molecule has 3 aromatic rings. The smallest absolute Gasteiger partial charge is 0.129 e. The van der Waals surface area contributed by atoms with Gasteiger partial charge in [0.2, 0.25) is 0 Å². The van der Waals surface area contributed by atoms with Gasteiger partial charge < -0.3 is 10.6 Å². The van der Waals surface area contributed by atoms with Crippen molar-refractivity contribution in [2.24, 2.45) is 0 Å². The van der Waals surface area contributed by atoms with Gasteiger partial charge in [0.05, 0.1) is 5.52 Å². The van der Waals surface area contributed by atoms with Crippen LogP contribution in [-0.2, 0) is 6.54 Å². The van der Waals surface area contributed by atoms with Gasteiger partial charge in [0.1, 0.15) is 11.6 Å². The van der Waals surface area contributed by atoms with E-state index in [1.54, 1.807) is 12.1 Å². The molecule has 0 aliphatic carbocycles. The third kappa shape index (κ3) is 2.79. The van der Waals surface area contributed by atoms with Gasteiger partial charge in [-0.25, -0.2) is 9.37 Å². The molecule has 4 heteroatoms. The highest BCUT2D eigenvalue weighted by molar-refractivity contribution is 5.81. The Balaban J connectivity index is 1.90. The normalized spacial score (nSPS) is 10.8. The van der Waals surface area contributed by atoms with Crippen molar-refractivity contribution in [1.29, 1.82) is 0 Å². The standard InChI is InChI=1S/C17H16FN3/c1-21(15-8-6-14(18)7-9-15)11-13-10-12-4-2-3-5-16(12)20-17(13)19/h2-10H,11H2,1H3,(H2,19,20). The first-order chi connectivity index (χ1) is 10.1. The van der Waals surface area contributed by atoms with Gasteiger partial charge in [-0.15, -0.1) is 0 Å². The Morgan fingerprint density at radius 1 is 1.10 bits per heavy atom. The van der Waals surface area contributed by atoms with Crippen molar-refractivity contribution < 1.29 is 4.39 Å². The second-order valence-electron chi connectivity index (χ2n) is 5.06. The maximum atomic E-state index is 13.0. The first-order valence-corrected chi connectivity index (χ1v) is 6.74. The number of nitrogens with two attached hydrogens (primary N) is 1. The molecule has 0 fully saturated rings. The molecule has 0 amide bonds. The van der Waals surface area contributed by atoms with E-state index >= 15 is 0 Å². The number of para-hydroxylation sites is 1. The lowest BCUT2D eigenvalue weighted by Gasteiger charge is -2.20. The minimum Gasteiger partial charge on any atom is -0.383 e. The van der Waals surface area contributed by atoms with E-state index in [1.165, 1.54) is 12.1 Å². The van der Waals surface area contributed by atoms with Gasteiger partial charge in [-0.05, 0) is 36.4 Å². The second-order valence-corrected chi connectivity index (χ2v) is 5.06. The minimum absolute atomic E-state index is 0.237. The molecule has 3 rings (SSSR count). The molecule has 1 aromatic heterocycles. The number of halogens is 1. The summed E-state index contributed by atoms with van der Waals surface area (Å²) in [6, 6.07) is 16.3. The molecule has 0 unspecified atom stereocenters. The van der Waals surface area contributed by atoms with Gasteiger partial charge in [-0.2, -0.15) is 0 Å². The van der Waals surface area contributed by atoms with E-state index in [4.69, 9.17) is 5.73 Å². The van der Waals surface area contributed by atoms with Crippen LogP contribution in [0.2, 0.25) is 0 Å².